The van der Waals surface area contributed by atoms with Crippen molar-refractivity contribution in [3.05, 3.63) is 22.2 Å². The number of hydrogen-bond donors (Lipinski definition) is 2. The second kappa shape index (κ2) is 4.72. The van der Waals surface area contributed by atoms with E-state index in [2.05, 4.69) is 15.3 Å². The van der Waals surface area contributed by atoms with Crippen LogP contribution in [0.5, 0.6) is 0 Å². The molecule has 4 nitrogen and oxygen atoms in total. The van der Waals surface area contributed by atoms with Crippen molar-refractivity contribution < 1.29 is 0 Å². The van der Waals surface area contributed by atoms with Crippen LogP contribution in [0.1, 0.15) is 37.4 Å². The van der Waals surface area contributed by atoms with Gasteiger partial charge in [0.25, 0.3) is 5.56 Å². The Labute approximate surface area is 105 Å². The summed E-state index contributed by atoms with van der Waals surface area (Å²) in [5, 5.41) is 3.40. The van der Waals surface area contributed by atoms with Gasteiger partial charge in [-0.2, -0.15) is 11.8 Å². The fourth-order valence-electron chi connectivity index (χ4n) is 2.15. The Morgan fingerprint density at radius 3 is 2.76 bits per heavy atom. The zero-order chi connectivity index (χ0) is 11.7. The zero-order valence-electron chi connectivity index (χ0n) is 9.74. The largest absolute Gasteiger partial charge is 0.367 e. The third-order valence-electron chi connectivity index (χ3n) is 3.30. The summed E-state index contributed by atoms with van der Waals surface area (Å²) in [5.41, 5.74) is -0.0328. The molecule has 2 heterocycles. The Bertz CT molecular complexity index is 449. The molecule has 2 N–H and O–H groups in total. The van der Waals surface area contributed by atoms with Gasteiger partial charge in [-0.25, -0.2) is 4.98 Å². The number of hydrogen-bond acceptors (Lipinski definition) is 4. The number of H-pyrrole nitrogens is 1. The summed E-state index contributed by atoms with van der Waals surface area (Å²) >= 11 is 2.00. The number of nitrogens with one attached hydrogen (secondary N) is 2. The first-order chi connectivity index (χ1) is 8.31. The van der Waals surface area contributed by atoms with Crippen LogP contribution in [-0.4, -0.2) is 27.5 Å². The van der Waals surface area contributed by atoms with Crippen LogP contribution in [0.15, 0.2) is 10.9 Å². The molecule has 0 unspecified atom stereocenters. The number of thioether (sulfide) groups is 1. The summed E-state index contributed by atoms with van der Waals surface area (Å²) in [6, 6.07) is 2.06. The molecule has 0 spiro atoms. The minimum Gasteiger partial charge on any atom is -0.367 e. The predicted octanol–water partition coefficient (Wildman–Crippen LogP) is 1.95. The average Bonchev–Trinajstić information content (AvgIpc) is 3.13. The van der Waals surface area contributed by atoms with E-state index in [4.69, 9.17) is 0 Å². The van der Waals surface area contributed by atoms with Gasteiger partial charge < -0.3 is 10.3 Å². The van der Waals surface area contributed by atoms with Crippen LogP contribution in [0.25, 0.3) is 0 Å². The highest BCUT2D eigenvalue weighted by atomic mass is 32.2. The highest BCUT2D eigenvalue weighted by Crippen LogP contribution is 2.37. The van der Waals surface area contributed by atoms with Crippen molar-refractivity contribution in [2.45, 2.75) is 37.6 Å². The molecule has 0 radical (unpaired) electrons. The monoisotopic (exact) mass is 251 g/mol. The lowest BCUT2D eigenvalue weighted by Crippen LogP contribution is -2.26. The van der Waals surface area contributed by atoms with Crippen LogP contribution in [0.4, 0.5) is 5.82 Å². The lowest BCUT2D eigenvalue weighted by molar-refractivity contribution is 0.662. The molecule has 1 aromatic heterocycles. The minimum atomic E-state index is -0.0328. The van der Waals surface area contributed by atoms with E-state index in [9.17, 15) is 4.79 Å². The van der Waals surface area contributed by atoms with Gasteiger partial charge >= 0.3 is 0 Å². The fraction of sp³-hybridized carbons (Fsp3) is 0.667. The molecule has 3 rings (SSSR count). The lowest BCUT2D eigenvalue weighted by Gasteiger charge is -2.23. The molecule has 1 aliphatic heterocycles. The highest BCUT2D eigenvalue weighted by Gasteiger charge is 2.26. The van der Waals surface area contributed by atoms with E-state index in [1.165, 1.54) is 11.5 Å². The first-order valence-electron chi connectivity index (χ1n) is 6.27. The summed E-state index contributed by atoms with van der Waals surface area (Å²) < 4.78 is 0. The van der Waals surface area contributed by atoms with Crippen molar-refractivity contribution in [1.29, 1.82) is 0 Å². The topological polar surface area (TPSA) is 57.8 Å². The zero-order valence-corrected chi connectivity index (χ0v) is 10.6. The number of rotatable bonds is 3. The average molecular weight is 251 g/mol. The van der Waals surface area contributed by atoms with E-state index < -0.39 is 0 Å². The Balaban J connectivity index is 1.74. The van der Waals surface area contributed by atoms with Gasteiger partial charge in [0.05, 0.1) is 0 Å². The summed E-state index contributed by atoms with van der Waals surface area (Å²) in [7, 11) is 0. The smallest absolute Gasteiger partial charge is 0.252 e. The first-order valence-corrected chi connectivity index (χ1v) is 7.42. The molecule has 2 fully saturated rings. The molecule has 1 saturated heterocycles. The van der Waals surface area contributed by atoms with Gasteiger partial charge in [0.2, 0.25) is 0 Å². The van der Waals surface area contributed by atoms with Crippen LogP contribution >= 0.6 is 11.8 Å². The van der Waals surface area contributed by atoms with Crippen LogP contribution in [0.3, 0.4) is 0 Å². The molecule has 5 heteroatoms. The quantitative estimate of drug-likeness (QED) is 0.862. The normalized spacial score (nSPS) is 21.4. The molecular weight excluding hydrogens is 234 g/mol. The van der Waals surface area contributed by atoms with E-state index in [1.807, 2.05) is 11.8 Å². The standard InChI is InChI=1S/C12H17N3OS/c16-11-7-10(13-9-3-5-17-6-4-9)14-12(15-11)8-1-2-8/h7-9H,1-6H2,(H2,13,14,15,16). The Morgan fingerprint density at radius 1 is 1.29 bits per heavy atom. The molecule has 0 atom stereocenters. The summed E-state index contributed by atoms with van der Waals surface area (Å²) in [6.45, 7) is 0. The fourth-order valence-corrected chi connectivity index (χ4v) is 3.26. The predicted molar refractivity (Wildman–Crippen MR) is 70.8 cm³/mol. The van der Waals surface area contributed by atoms with Gasteiger partial charge in [0, 0.05) is 18.0 Å². The maximum absolute atomic E-state index is 11.5. The molecule has 2 aliphatic rings. The Morgan fingerprint density at radius 2 is 2.06 bits per heavy atom. The molecule has 17 heavy (non-hydrogen) atoms. The van der Waals surface area contributed by atoms with Crippen LogP contribution in [0, 0.1) is 0 Å². The van der Waals surface area contributed by atoms with Crippen LogP contribution in [0.2, 0.25) is 0 Å². The van der Waals surface area contributed by atoms with Gasteiger partial charge in [-0.3, -0.25) is 4.79 Å². The maximum atomic E-state index is 11.5. The molecule has 1 aliphatic carbocycles. The lowest BCUT2D eigenvalue weighted by atomic mass is 10.1. The highest BCUT2D eigenvalue weighted by molar-refractivity contribution is 7.99. The third-order valence-corrected chi connectivity index (χ3v) is 4.35. The van der Waals surface area contributed by atoms with Crippen molar-refractivity contribution in [2.75, 3.05) is 16.8 Å². The molecule has 1 saturated carbocycles. The van der Waals surface area contributed by atoms with E-state index in [1.54, 1.807) is 6.07 Å². The van der Waals surface area contributed by atoms with Gasteiger partial charge in [0.1, 0.15) is 11.6 Å². The van der Waals surface area contributed by atoms with Crippen molar-refractivity contribution in [3.63, 3.8) is 0 Å². The summed E-state index contributed by atoms with van der Waals surface area (Å²) in [5.74, 6) is 4.52. The first kappa shape index (κ1) is 11.1. The second-order valence-corrected chi connectivity index (χ2v) is 6.05. The molecule has 0 aromatic carbocycles. The molecule has 0 bridgehead atoms. The second-order valence-electron chi connectivity index (χ2n) is 4.82. The van der Waals surface area contributed by atoms with Gasteiger partial charge in [-0.05, 0) is 37.2 Å². The van der Waals surface area contributed by atoms with E-state index in [-0.39, 0.29) is 5.56 Å². The molecule has 1 aromatic rings. The van der Waals surface area contributed by atoms with Crippen molar-refractivity contribution >= 4 is 17.6 Å². The summed E-state index contributed by atoms with van der Waals surface area (Å²) in [6.07, 6.45) is 4.65. The van der Waals surface area contributed by atoms with E-state index in [0.29, 0.717) is 12.0 Å². The van der Waals surface area contributed by atoms with Crippen molar-refractivity contribution in [3.8, 4) is 0 Å². The van der Waals surface area contributed by atoms with E-state index >= 15 is 0 Å². The van der Waals surface area contributed by atoms with E-state index in [0.717, 1.165) is 37.3 Å². The third kappa shape index (κ3) is 2.83. The van der Waals surface area contributed by atoms with Crippen molar-refractivity contribution in [2.24, 2.45) is 0 Å². The Kier molecular flexibility index (Phi) is 3.09. The molecule has 0 amide bonds. The van der Waals surface area contributed by atoms with Gasteiger partial charge in [0.15, 0.2) is 0 Å². The Hall–Kier alpha value is -0.970. The molecule has 92 valence electrons. The van der Waals surface area contributed by atoms with Gasteiger partial charge in [-0.15, -0.1) is 0 Å². The van der Waals surface area contributed by atoms with Gasteiger partial charge in [-0.1, -0.05) is 0 Å². The van der Waals surface area contributed by atoms with Crippen LogP contribution < -0.4 is 10.9 Å². The maximum Gasteiger partial charge on any atom is 0.252 e. The number of nitrogens with zero attached hydrogens (tertiary/aromatic N) is 1. The molecular formula is C12H17N3OS. The van der Waals surface area contributed by atoms with Crippen LogP contribution in [-0.2, 0) is 0 Å². The number of aromatic nitrogens is 2. The van der Waals surface area contributed by atoms with Crippen molar-refractivity contribution in [1.82, 2.24) is 9.97 Å². The SMILES string of the molecule is O=c1cc(NC2CCSCC2)nc(C2CC2)[nH]1. The summed E-state index contributed by atoms with van der Waals surface area (Å²) in [4.78, 5) is 18.9. The number of aromatic amines is 1. The number of anilines is 1. The minimum absolute atomic E-state index is 0.0328.